The third kappa shape index (κ3) is 2.64. The van der Waals surface area contributed by atoms with Gasteiger partial charge in [-0.15, -0.1) is 0 Å². The fraction of sp³-hybridized carbons (Fsp3) is 0.500. The lowest BCUT2D eigenvalue weighted by Gasteiger charge is -2.07. The van der Waals surface area contributed by atoms with Crippen molar-refractivity contribution in [1.82, 2.24) is 14.3 Å². The molecule has 0 amide bonds. The fourth-order valence-corrected chi connectivity index (χ4v) is 2.20. The van der Waals surface area contributed by atoms with E-state index in [1.165, 1.54) is 11.3 Å². The summed E-state index contributed by atoms with van der Waals surface area (Å²) in [5.41, 5.74) is 9.55. The van der Waals surface area contributed by atoms with Crippen molar-refractivity contribution in [3.8, 4) is 0 Å². The third-order valence-electron chi connectivity index (χ3n) is 3.27. The lowest BCUT2D eigenvalue weighted by atomic mass is 10.1. The third-order valence-corrected chi connectivity index (χ3v) is 3.27. The van der Waals surface area contributed by atoms with E-state index in [4.69, 9.17) is 5.73 Å². The zero-order chi connectivity index (χ0) is 13.1. The predicted octanol–water partition coefficient (Wildman–Crippen LogP) is 2.47. The van der Waals surface area contributed by atoms with Gasteiger partial charge in [0.25, 0.3) is 0 Å². The van der Waals surface area contributed by atoms with E-state index in [2.05, 4.69) is 52.7 Å². The fourth-order valence-electron chi connectivity index (χ4n) is 2.20. The van der Waals surface area contributed by atoms with Crippen LogP contribution in [0.2, 0.25) is 0 Å². The maximum atomic E-state index is 6.03. The van der Waals surface area contributed by atoms with Gasteiger partial charge in [-0.2, -0.15) is 5.10 Å². The van der Waals surface area contributed by atoms with Crippen molar-refractivity contribution >= 4 is 0 Å². The molecular weight excluding hydrogens is 224 g/mol. The summed E-state index contributed by atoms with van der Waals surface area (Å²) in [5.74, 6) is 0. The van der Waals surface area contributed by atoms with Crippen LogP contribution < -0.4 is 5.73 Å². The molecular formula is C14H22N4. The smallest absolute Gasteiger partial charge is 0.0639 e. The minimum absolute atomic E-state index is 0.143. The van der Waals surface area contributed by atoms with Gasteiger partial charge >= 0.3 is 0 Å². The molecule has 0 saturated carbocycles. The minimum Gasteiger partial charge on any atom is -0.348 e. The summed E-state index contributed by atoms with van der Waals surface area (Å²) < 4.78 is 4.22. The van der Waals surface area contributed by atoms with Gasteiger partial charge in [0.2, 0.25) is 0 Å². The van der Waals surface area contributed by atoms with E-state index < -0.39 is 0 Å². The van der Waals surface area contributed by atoms with Crippen molar-refractivity contribution in [3.63, 3.8) is 0 Å². The summed E-state index contributed by atoms with van der Waals surface area (Å²) in [4.78, 5) is 0. The summed E-state index contributed by atoms with van der Waals surface area (Å²) >= 11 is 0. The molecule has 0 spiro atoms. The molecule has 98 valence electrons. The summed E-state index contributed by atoms with van der Waals surface area (Å²) in [6.45, 7) is 8.02. The Kier molecular flexibility index (Phi) is 3.87. The molecule has 2 heterocycles. The van der Waals surface area contributed by atoms with E-state index >= 15 is 0 Å². The van der Waals surface area contributed by atoms with Crippen LogP contribution in [0, 0.1) is 6.92 Å². The molecule has 0 bridgehead atoms. The Hall–Kier alpha value is -1.55. The van der Waals surface area contributed by atoms with Gasteiger partial charge in [-0.3, -0.25) is 4.68 Å². The van der Waals surface area contributed by atoms with Crippen LogP contribution in [0.15, 0.2) is 24.5 Å². The second-order valence-corrected chi connectivity index (χ2v) is 4.72. The molecule has 0 aromatic carbocycles. The van der Waals surface area contributed by atoms with E-state index in [9.17, 15) is 0 Å². The Labute approximate surface area is 108 Å². The van der Waals surface area contributed by atoms with E-state index in [0.717, 1.165) is 25.2 Å². The standard InChI is InChI=1S/C14H22N4/c1-4-14(15)12-6-7-17(9-12)10-13-8-11(3)16-18(13)5-2/h6-9,14H,4-5,10,15H2,1-3H3. The highest BCUT2D eigenvalue weighted by atomic mass is 15.3. The van der Waals surface area contributed by atoms with E-state index in [1.54, 1.807) is 0 Å². The SMILES string of the molecule is CCC(N)c1ccn(Cc2cc(C)nn2CC)c1. The number of nitrogens with two attached hydrogens (primary N) is 1. The number of hydrogen-bond acceptors (Lipinski definition) is 2. The van der Waals surface area contributed by atoms with Gasteiger partial charge in [-0.1, -0.05) is 6.92 Å². The Morgan fingerprint density at radius 3 is 2.83 bits per heavy atom. The zero-order valence-electron chi connectivity index (χ0n) is 11.4. The predicted molar refractivity (Wildman–Crippen MR) is 73.4 cm³/mol. The maximum absolute atomic E-state index is 6.03. The Balaban J connectivity index is 2.15. The van der Waals surface area contributed by atoms with Crippen molar-refractivity contribution in [1.29, 1.82) is 0 Å². The van der Waals surface area contributed by atoms with Gasteiger partial charge in [0.1, 0.15) is 0 Å². The van der Waals surface area contributed by atoms with Crippen LogP contribution in [0.4, 0.5) is 0 Å². The molecule has 4 nitrogen and oxygen atoms in total. The molecule has 2 aromatic rings. The molecule has 0 aliphatic rings. The van der Waals surface area contributed by atoms with Crippen LogP contribution in [-0.2, 0) is 13.1 Å². The van der Waals surface area contributed by atoms with Crippen LogP contribution in [0.5, 0.6) is 0 Å². The Morgan fingerprint density at radius 2 is 2.17 bits per heavy atom. The first-order chi connectivity index (χ1) is 8.63. The van der Waals surface area contributed by atoms with Gasteiger partial charge < -0.3 is 10.3 Å². The topological polar surface area (TPSA) is 48.8 Å². The first-order valence-corrected chi connectivity index (χ1v) is 6.58. The van der Waals surface area contributed by atoms with Crippen LogP contribution >= 0.6 is 0 Å². The lowest BCUT2D eigenvalue weighted by molar-refractivity contribution is 0.596. The average molecular weight is 246 g/mol. The van der Waals surface area contributed by atoms with Gasteiger partial charge in [0.05, 0.1) is 17.9 Å². The van der Waals surface area contributed by atoms with Gasteiger partial charge in [0.15, 0.2) is 0 Å². The Morgan fingerprint density at radius 1 is 1.39 bits per heavy atom. The quantitative estimate of drug-likeness (QED) is 0.881. The van der Waals surface area contributed by atoms with Gasteiger partial charge in [-0.25, -0.2) is 0 Å². The summed E-state index contributed by atoms with van der Waals surface area (Å²) in [7, 11) is 0. The van der Waals surface area contributed by atoms with E-state index in [1.807, 2.05) is 6.92 Å². The summed E-state index contributed by atoms with van der Waals surface area (Å²) in [6, 6.07) is 4.39. The van der Waals surface area contributed by atoms with Gasteiger partial charge in [-0.05, 0) is 38.0 Å². The van der Waals surface area contributed by atoms with Crippen molar-refractivity contribution < 1.29 is 0 Å². The summed E-state index contributed by atoms with van der Waals surface area (Å²) in [6.07, 6.45) is 5.19. The number of aromatic nitrogens is 3. The normalized spacial score (nSPS) is 12.9. The van der Waals surface area contributed by atoms with Crippen molar-refractivity contribution in [3.05, 3.63) is 41.5 Å². The molecule has 4 heteroatoms. The first kappa shape index (κ1) is 12.9. The number of hydrogen-bond donors (Lipinski definition) is 1. The molecule has 1 unspecified atom stereocenters. The Bertz CT molecular complexity index is 510. The number of rotatable bonds is 5. The van der Waals surface area contributed by atoms with E-state index in [0.29, 0.717) is 0 Å². The number of nitrogens with zero attached hydrogens (tertiary/aromatic N) is 3. The minimum atomic E-state index is 0.143. The first-order valence-electron chi connectivity index (χ1n) is 6.58. The molecule has 2 rings (SSSR count). The van der Waals surface area contributed by atoms with Crippen molar-refractivity contribution in [2.75, 3.05) is 0 Å². The molecule has 2 N–H and O–H groups in total. The zero-order valence-corrected chi connectivity index (χ0v) is 11.4. The van der Waals surface area contributed by atoms with Crippen molar-refractivity contribution in [2.24, 2.45) is 5.73 Å². The average Bonchev–Trinajstić information content (AvgIpc) is 2.95. The highest BCUT2D eigenvalue weighted by molar-refractivity contribution is 5.17. The molecule has 1 atom stereocenters. The lowest BCUT2D eigenvalue weighted by Crippen LogP contribution is -2.08. The van der Waals surface area contributed by atoms with Crippen LogP contribution in [-0.4, -0.2) is 14.3 Å². The van der Waals surface area contributed by atoms with Crippen molar-refractivity contribution in [2.45, 2.75) is 46.3 Å². The van der Waals surface area contributed by atoms with E-state index in [-0.39, 0.29) is 6.04 Å². The highest BCUT2D eigenvalue weighted by Crippen LogP contribution is 2.15. The largest absolute Gasteiger partial charge is 0.348 e. The molecule has 18 heavy (non-hydrogen) atoms. The monoisotopic (exact) mass is 246 g/mol. The molecule has 0 aliphatic carbocycles. The molecule has 0 saturated heterocycles. The highest BCUT2D eigenvalue weighted by Gasteiger charge is 2.08. The second-order valence-electron chi connectivity index (χ2n) is 4.72. The molecule has 0 radical (unpaired) electrons. The second kappa shape index (κ2) is 5.40. The molecule has 2 aromatic heterocycles. The molecule has 0 fully saturated rings. The van der Waals surface area contributed by atoms with Crippen LogP contribution in [0.3, 0.4) is 0 Å². The van der Waals surface area contributed by atoms with Crippen LogP contribution in [0.25, 0.3) is 0 Å². The molecule has 0 aliphatic heterocycles. The van der Waals surface area contributed by atoms with Gasteiger partial charge in [0, 0.05) is 25.0 Å². The maximum Gasteiger partial charge on any atom is 0.0639 e. The van der Waals surface area contributed by atoms with Crippen LogP contribution in [0.1, 0.15) is 43.3 Å². The summed E-state index contributed by atoms with van der Waals surface area (Å²) in [5, 5.41) is 4.46. The number of aryl methyl sites for hydroxylation is 2.